The minimum absolute atomic E-state index is 0.111. The van der Waals surface area contributed by atoms with Gasteiger partial charge in [-0.2, -0.15) is 0 Å². The number of carbonyl (C=O) groups excluding carboxylic acids is 1. The number of likely N-dealkylation sites (tertiary alicyclic amines) is 1. The molecule has 0 saturated carbocycles. The molecule has 0 spiro atoms. The summed E-state index contributed by atoms with van der Waals surface area (Å²) >= 11 is 0. The molecule has 0 unspecified atom stereocenters. The molecule has 0 bridgehead atoms. The lowest BCUT2D eigenvalue weighted by atomic mass is 10.1. The van der Waals surface area contributed by atoms with E-state index in [1.807, 2.05) is 45.9 Å². The quantitative estimate of drug-likeness (QED) is 0.640. The first-order chi connectivity index (χ1) is 14.2. The van der Waals surface area contributed by atoms with E-state index in [4.69, 9.17) is 19.2 Å². The van der Waals surface area contributed by atoms with Gasteiger partial charge in [-0.3, -0.25) is 4.79 Å². The minimum Gasteiger partial charge on any atom is -0.493 e. The van der Waals surface area contributed by atoms with Crippen molar-refractivity contribution in [1.82, 2.24) is 14.5 Å². The van der Waals surface area contributed by atoms with Crippen molar-refractivity contribution < 1.29 is 19.0 Å². The first-order valence-electron chi connectivity index (χ1n) is 9.69. The van der Waals surface area contributed by atoms with Gasteiger partial charge in [0.1, 0.15) is 12.4 Å². The normalized spacial score (nSPS) is 13.7. The second-order valence-corrected chi connectivity index (χ2v) is 7.01. The Balaban J connectivity index is 1.84. The van der Waals surface area contributed by atoms with Gasteiger partial charge in [-0.25, -0.2) is 4.98 Å². The molecule has 2 heterocycles. The predicted molar refractivity (Wildman–Crippen MR) is 111 cm³/mol. The molecule has 1 aliphatic heterocycles. The standard InChI is InChI=1S/C22H25N3O4/c1-27-18-12-15(13-19(28-2)21(18)29-3)22-23-16-8-4-5-9-17(16)25(22)14-20(26)24-10-6-7-11-24/h4-5,8-9,12-13H,6-7,10-11,14H2,1-3H3. The molecule has 0 radical (unpaired) electrons. The van der Waals surface area contributed by atoms with Crippen molar-refractivity contribution in [2.75, 3.05) is 34.4 Å². The van der Waals surface area contributed by atoms with Gasteiger partial charge < -0.3 is 23.7 Å². The van der Waals surface area contributed by atoms with Gasteiger partial charge in [0.2, 0.25) is 11.7 Å². The van der Waals surface area contributed by atoms with E-state index in [1.54, 1.807) is 21.3 Å². The summed E-state index contributed by atoms with van der Waals surface area (Å²) in [6.07, 6.45) is 2.13. The Hall–Kier alpha value is -3.22. The second-order valence-electron chi connectivity index (χ2n) is 7.01. The van der Waals surface area contributed by atoms with Gasteiger partial charge in [-0.15, -0.1) is 0 Å². The lowest BCUT2D eigenvalue weighted by molar-refractivity contribution is -0.130. The van der Waals surface area contributed by atoms with Crippen molar-refractivity contribution in [2.24, 2.45) is 0 Å². The van der Waals surface area contributed by atoms with Gasteiger partial charge in [0.05, 0.1) is 32.4 Å². The maximum atomic E-state index is 12.9. The lowest BCUT2D eigenvalue weighted by Gasteiger charge is -2.18. The molecule has 1 amide bonds. The molecule has 1 saturated heterocycles. The number of benzene rings is 2. The Labute approximate surface area is 169 Å². The Morgan fingerprint density at radius 1 is 1.00 bits per heavy atom. The Morgan fingerprint density at radius 3 is 2.28 bits per heavy atom. The van der Waals surface area contributed by atoms with Crippen molar-refractivity contribution in [2.45, 2.75) is 19.4 Å². The van der Waals surface area contributed by atoms with Gasteiger partial charge in [-0.05, 0) is 37.1 Å². The molecule has 29 heavy (non-hydrogen) atoms. The third-order valence-electron chi connectivity index (χ3n) is 5.33. The summed E-state index contributed by atoms with van der Waals surface area (Å²) in [5.74, 6) is 2.42. The van der Waals surface area contributed by atoms with Crippen LogP contribution in [0.15, 0.2) is 36.4 Å². The number of amides is 1. The Kier molecular flexibility index (Phi) is 5.29. The minimum atomic E-state index is 0.111. The Bertz CT molecular complexity index is 1010. The van der Waals surface area contributed by atoms with Crippen molar-refractivity contribution in [3.8, 4) is 28.6 Å². The fraction of sp³-hybridized carbons (Fsp3) is 0.364. The van der Waals surface area contributed by atoms with Crippen LogP contribution in [0.5, 0.6) is 17.2 Å². The molecule has 0 atom stereocenters. The first kappa shape index (κ1) is 19.1. The van der Waals surface area contributed by atoms with Crippen LogP contribution in [0.1, 0.15) is 12.8 Å². The largest absolute Gasteiger partial charge is 0.493 e. The fourth-order valence-electron chi connectivity index (χ4n) is 3.87. The number of ether oxygens (including phenoxy) is 3. The van der Waals surface area contributed by atoms with Crippen molar-refractivity contribution in [3.63, 3.8) is 0 Å². The molecule has 3 aromatic rings. The van der Waals surface area contributed by atoms with Gasteiger partial charge in [0.25, 0.3) is 0 Å². The summed E-state index contributed by atoms with van der Waals surface area (Å²) in [5.41, 5.74) is 2.55. The summed E-state index contributed by atoms with van der Waals surface area (Å²) in [7, 11) is 4.74. The number of fused-ring (bicyclic) bond motifs is 1. The predicted octanol–water partition coefficient (Wildman–Crippen LogP) is 3.35. The van der Waals surface area contributed by atoms with Gasteiger partial charge in [-0.1, -0.05) is 12.1 Å². The summed E-state index contributed by atoms with van der Waals surface area (Å²) in [6.45, 7) is 1.89. The number of methoxy groups -OCH3 is 3. The van der Waals surface area contributed by atoms with E-state index in [1.165, 1.54) is 0 Å². The molecule has 2 aromatic carbocycles. The molecular formula is C22H25N3O4. The van der Waals surface area contributed by atoms with E-state index in [0.29, 0.717) is 23.1 Å². The van der Waals surface area contributed by atoms with Crippen LogP contribution in [-0.2, 0) is 11.3 Å². The molecule has 7 heteroatoms. The van der Waals surface area contributed by atoms with Crippen molar-refractivity contribution in [1.29, 1.82) is 0 Å². The van der Waals surface area contributed by atoms with E-state index in [2.05, 4.69) is 0 Å². The molecule has 0 N–H and O–H groups in total. The van der Waals surface area contributed by atoms with Gasteiger partial charge >= 0.3 is 0 Å². The van der Waals surface area contributed by atoms with Crippen LogP contribution < -0.4 is 14.2 Å². The number of nitrogens with zero attached hydrogens (tertiary/aromatic N) is 3. The number of aromatic nitrogens is 2. The summed E-state index contributed by atoms with van der Waals surface area (Å²) in [5, 5.41) is 0. The molecular weight excluding hydrogens is 370 g/mol. The summed E-state index contributed by atoms with van der Waals surface area (Å²) in [6, 6.07) is 11.6. The molecule has 152 valence electrons. The zero-order valence-corrected chi connectivity index (χ0v) is 17.0. The molecule has 1 aliphatic rings. The summed E-state index contributed by atoms with van der Waals surface area (Å²) in [4.78, 5) is 19.6. The van der Waals surface area contributed by atoms with Crippen LogP contribution in [0, 0.1) is 0 Å². The third kappa shape index (κ3) is 3.48. The van der Waals surface area contributed by atoms with Crippen LogP contribution in [0.3, 0.4) is 0 Å². The second kappa shape index (κ2) is 8.03. The highest BCUT2D eigenvalue weighted by Gasteiger charge is 2.23. The molecule has 1 aromatic heterocycles. The topological polar surface area (TPSA) is 65.8 Å². The monoisotopic (exact) mass is 395 g/mol. The smallest absolute Gasteiger partial charge is 0.242 e. The zero-order chi connectivity index (χ0) is 20.4. The fourth-order valence-corrected chi connectivity index (χ4v) is 3.87. The van der Waals surface area contributed by atoms with Crippen LogP contribution in [-0.4, -0.2) is 54.8 Å². The number of rotatable bonds is 6. The third-order valence-corrected chi connectivity index (χ3v) is 5.33. The van der Waals surface area contributed by atoms with E-state index >= 15 is 0 Å². The van der Waals surface area contributed by atoms with Gasteiger partial charge in [0.15, 0.2) is 11.5 Å². The van der Waals surface area contributed by atoms with Crippen LogP contribution in [0.2, 0.25) is 0 Å². The molecule has 0 aliphatic carbocycles. The summed E-state index contributed by atoms with van der Waals surface area (Å²) < 4.78 is 18.4. The maximum Gasteiger partial charge on any atom is 0.242 e. The van der Waals surface area contributed by atoms with Crippen LogP contribution >= 0.6 is 0 Å². The number of hydrogen-bond donors (Lipinski definition) is 0. The highest BCUT2D eigenvalue weighted by atomic mass is 16.5. The Morgan fingerprint density at radius 2 is 1.66 bits per heavy atom. The van der Waals surface area contributed by atoms with Crippen LogP contribution in [0.25, 0.3) is 22.4 Å². The van der Waals surface area contributed by atoms with Crippen molar-refractivity contribution >= 4 is 16.9 Å². The number of hydrogen-bond acceptors (Lipinski definition) is 5. The highest BCUT2D eigenvalue weighted by Crippen LogP contribution is 2.41. The maximum absolute atomic E-state index is 12.9. The molecule has 4 rings (SSSR count). The highest BCUT2D eigenvalue weighted by molar-refractivity contribution is 5.85. The van der Waals surface area contributed by atoms with E-state index in [-0.39, 0.29) is 12.5 Å². The van der Waals surface area contributed by atoms with E-state index in [0.717, 1.165) is 42.5 Å². The average Bonchev–Trinajstić information content (AvgIpc) is 3.41. The molecule has 1 fully saturated rings. The zero-order valence-electron chi connectivity index (χ0n) is 17.0. The lowest BCUT2D eigenvalue weighted by Crippen LogP contribution is -2.31. The van der Waals surface area contributed by atoms with Crippen LogP contribution in [0.4, 0.5) is 0 Å². The average molecular weight is 395 g/mol. The van der Waals surface area contributed by atoms with E-state index < -0.39 is 0 Å². The number of carbonyl (C=O) groups is 1. The number of imidazole rings is 1. The SMILES string of the molecule is COc1cc(-c2nc3ccccc3n2CC(=O)N2CCCC2)cc(OC)c1OC. The van der Waals surface area contributed by atoms with Gasteiger partial charge in [0, 0.05) is 18.7 Å². The van der Waals surface area contributed by atoms with Crippen molar-refractivity contribution in [3.05, 3.63) is 36.4 Å². The van der Waals surface area contributed by atoms with E-state index in [9.17, 15) is 4.79 Å². The number of para-hydroxylation sites is 2. The molecule has 7 nitrogen and oxygen atoms in total. The first-order valence-corrected chi connectivity index (χ1v) is 9.69.